The third kappa shape index (κ3) is 3.87. The van der Waals surface area contributed by atoms with Gasteiger partial charge in [0.15, 0.2) is 0 Å². The summed E-state index contributed by atoms with van der Waals surface area (Å²) < 4.78 is 0. The van der Waals surface area contributed by atoms with E-state index in [2.05, 4.69) is 15.9 Å². The van der Waals surface area contributed by atoms with E-state index in [1.54, 1.807) is 12.1 Å². The summed E-state index contributed by atoms with van der Waals surface area (Å²) in [4.78, 5) is 14.3. The fourth-order valence-electron chi connectivity index (χ4n) is 2.23. The molecule has 1 amide bonds. The van der Waals surface area contributed by atoms with Crippen molar-refractivity contribution in [2.24, 2.45) is 0 Å². The maximum atomic E-state index is 12.4. The topological polar surface area (TPSA) is 20.3 Å². The summed E-state index contributed by atoms with van der Waals surface area (Å²) in [5, 5.41) is 1.84. The third-order valence-electron chi connectivity index (χ3n) is 3.50. The van der Waals surface area contributed by atoms with Crippen molar-refractivity contribution in [1.82, 2.24) is 4.90 Å². The summed E-state index contributed by atoms with van der Waals surface area (Å²) in [6, 6.07) is 5.80. The van der Waals surface area contributed by atoms with Gasteiger partial charge in [-0.2, -0.15) is 0 Å². The number of rotatable bonds is 5. The standard InChI is InChI=1S/C14H16BrCl2NO/c15-6-7-18(11-2-1-3-11)14(19)9-10-4-5-12(16)13(17)8-10/h4-5,8,11H,1-3,6-7,9H2. The molecule has 0 aliphatic heterocycles. The van der Waals surface area contributed by atoms with Crippen molar-refractivity contribution in [3.05, 3.63) is 33.8 Å². The van der Waals surface area contributed by atoms with Crippen LogP contribution in [0.2, 0.25) is 10.0 Å². The van der Waals surface area contributed by atoms with Gasteiger partial charge in [0.05, 0.1) is 16.5 Å². The van der Waals surface area contributed by atoms with Crippen LogP contribution in [0.5, 0.6) is 0 Å². The molecule has 0 unspecified atom stereocenters. The Morgan fingerprint density at radius 1 is 1.32 bits per heavy atom. The van der Waals surface area contributed by atoms with Gasteiger partial charge < -0.3 is 4.90 Å². The molecule has 19 heavy (non-hydrogen) atoms. The van der Waals surface area contributed by atoms with Crippen molar-refractivity contribution in [1.29, 1.82) is 0 Å². The highest BCUT2D eigenvalue weighted by atomic mass is 79.9. The molecule has 0 aromatic heterocycles. The average Bonchev–Trinajstić information content (AvgIpc) is 2.31. The van der Waals surface area contributed by atoms with Gasteiger partial charge in [-0.3, -0.25) is 4.79 Å². The number of halogens is 3. The number of nitrogens with zero attached hydrogens (tertiary/aromatic N) is 1. The van der Waals surface area contributed by atoms with Crippen LogP contribution in [0.15, 0.2) is 18.2 Å². The SMILES string of the molecule is O=C(Cc1ccc(Cl)c(Cl)c1)N(CCBr)C1CCC1. The minimum absolute atomic E-state index is 0.169. The maximum absolute atomic E-state index is 12.4. The summed E-state index contributed by atoms with van der Waals surface area (Å²) in [6.07, 6.45) is 3.87. The fraction of sp³-hybridized carbons (Fsp3) is 0.500. The number of benzene rings is 1. The van der Waals surface area contributed by atoms with Crippen molar-refractivity contribution < 1.29 is 4.79 Å². The lowest BCUT2D eigenvalue weighted by molar-refractivity contribution is -0.134. The molecule has 0 N–H and O–H groups in total. The lowest BCUT2D eigenvalue weighted by Gasteiger charge is -2.37. The lowest BCUT2D eigenvalue weighted by atomic mass is 9.91. The molecule has 1 aromatic rings. The molecule has 0 radical (unpaired) electrons. The Hall–Kier alpha value is -0.250. The normalized spacial score (nSPS) is 15.1. The molecule has 2 nitrogen and oxygen atoms in total. The van der Waals surface area contributed by atoms with Gasteiger partial charge in [0.25, 0.3) is 0 Å². The first-order chi connectivity index (χ1) is 9.11. The molecule has 2 rings (SSSR count). The largest absolute Gasteiger partial charge is 0.339 e. The highest BCUT2D eigenvalue weighted by Crippen LogP contribution is 2.26. The molecule has 0 atom stereocenters. The second-order valence-corrected chi connectivity index (χ2v) is 6.39. The second-order valence-electron chi connectivity index (χ2n) is 4.79. The molecule has 104 valence electrons. The molecule has 1 saturated carbocycles. The van der Waals surface area contributed by atoms with Gasteiger partial charge in [-0.25, -0.2) is 0 Å². The van der Waals surface area contributed by atoms with Gasteiger partial charge in [-0.15, -0.1) is 0 Å². The zero-order valence-corrected chi connectivity index (χ0v) is 13.6. The van der Waals surface area contributed by atoms with Crippen molar-refractivity contribution in [2.45, 2.75) is 31.7 Å². The summed E-state index contributed by atoms with van der Waals surface area (Å²) in [5.74, 6) is 0.169. The van der Waals surface area contributed by atoms with Gasteiger partial charge in [0.2, 0.25) is 5.91 Å². The molecule has 1 fully saturated rings. The first-order valence-electron chi connectivity index (χ1n) is 6.41. The van der Waals surface area contributed by atoms with Gasteiger partial charge in [0.1, 0.15) is 0 Å². The predicted molar refractivity (Wildman–Crippen MR) is 83.3 cm³/mol. The van der Waals surface area contributed by atoms with Crippen LogP contribution in [0.25, 0.3) is 0 Å². The first-order valence-corrected chi connectivity index (χ1v) is 8.29. The highest BCUT2D eigenvalue weighted by Gasteiger charge is 2.28. The van der Waals surface area contributed by atoms with Crippen LogP contribution in [0.4, 0.5) is 0 Å². The Labute approximate surface area is 132 Å². The minimum Gasteiger partial charge on any atom is -0.339 e. The van der Waals surface area contributed by atoms with Crippen molar-refractivity contribution in [3.63, 3.8) is 0 Å². The lowest BCUT2D eigenvalue weighted by Crippen LogP contribution is -2.45. The van der Waals surface area contributed by atoms with E-state index in [9.17, 15) is 4.79 Å². The van der Waals surface area contributed by atoms with E-state index in [1.165, 1.54) is 6.42 Å². The van der Waals surface area contributed by atoms with E-state index in [0.717, 1.165) is 30.3 Å². The van der Waals surface area contributed by atoms with Crippen LogP contribution in [-0.4, -0.2) is 28.7 Å². The summed E-state index contributed by atoms with van der Waals surface area (Å²) in [5.41, 5.74) is 0.915. The van der Waals surface area contributed by atoms with E-state index in [-0.39, 0.29) is 5.91 Å². The van der Waals surface area contributed by atoms with E-state index < -0.39 is 0 Å². The van der Waals surface area contributed by atoms with Crippen LogP contribution in [0.1, 0.15) is 24.8 Å². The number of carbonyl (C=O) groups excluding carboxylic acids is 1. The zero-order chi connectivity index (χ0) is 13.8. The molecule has 1 aliphatic rings. The van der Waals surface area contributed by atoms with Crippen LogP contribution in [0.3, 0.4) is 0 Å². The molecule has 0 saturated heterocycles. The highest BCUT2D eigenvalue weighted by molar-refractivity contribution is 9.09. The molecule has 5 heteroatoms. The van der Waals surface area contributed by atoms with E-state index >= 15 is 0 Å². The molecule has 1 aliphatic carbocycles. The smallest absolute Gasteiger partial charge is 0.227 e. The molecular formula is C14H16BrCl2NO. The Bertz CT molecular complexity index is 463. The zero-order valence-electron chi connectivity index (χ0n) is 10.5. The number of hydrogen-bond acceptors (Lipinski definition) is 1. The van der Waals surface area contributed by atoms with Gasteiger partial charge in [-0.1, -0.05) is 45.2 Å². The Kier molecular flexibility index (Phi) is 5.55. The second kappa shape index (κ2) is 6.96. The Morgan fingerprint density at radius 3 is 2.58 bits per heavy atom. The molecule has 0 bridgehead atoms. The predicted octanol–water partition coefficient (Wildman–Crippen LogP) is 4.31. The van der Waals surface area contributed by atoms with Crippen LogP contribution < -0.4 is 0 Å². The maximum Gasteiger partial charge on any atom is 0.227 e. The van der Waals surface area contributed by atoms with Crippen molar-refractivity contribution in [2.75, 3.05) is 11.9 Å². The summed E-state index contributed by atoms with van der Waals surface area (Å²) in [6.45, 7) is 0.769. The van der Waals surface area contributed by atoms with E-state index in [4.69, 9.17) is 23.2 Å². The van der Waals surface area contributed by atoms with Gasteiger partial charge >= 0.3 is 0 Å². The molecule has 1 aromatic carbocycles. The third-order valence-corrected chi connectivity index (χ3v) is 4.59. The van der Waals surface area contributed by atoms with Crippen LogP contribution in [-0.2, 0) is 11.2 Å². The van der Waals surface area contributed by atoms with Gasteiger partial charge in [-0.05, 0) is 37.0 Å². The number of amides is 1. The first kappa shape index (κ1) is 15.1. The minimum atomic E-state index is 0.169. The molecule has 0 heterocycles. The molecule has 0 spiro atoms. The summed E-state index contributed by atoms with van der Waals surface area (Å²) in [7, 11) is 0. The van der Waals surface area contributed by atoms with Crippen molar-refractivity contribution in [3.8, 4) is 0 Å². The monoisotopic (exact) mass is 363 g/mol. The number of carbonyl (C=O) groups is 1. The number of alkyl halides is 1. The molecular weight excluding hydrogens is 349 g/mol. The quantitative estimate of drug-likeness (QED) is 0.713. The average molecular weight is 365 g/mol. The van der Waals surface area contributed by atoms with Crippen molar-refractivity contribution >= 4 is 45.0 Å². The van der Waals surface area contributed by atoms with E-state index in [0.29, 0.717) is 22.5 Å². The Balaban J connectivity index is 2.03. The Morgan fingerprint density at radius 2 is 2.05 bits per heavy atom. The van der Waals surface area contributed by atoms with Gasteiger partial charge in [0, 0.05) is 17.9 Å². The van der Waals surface area contributed by atoms with Crippen LogP contribution in [0, 0.1) is 0 Å². The van der Waals surface area contributed by atoms with E-state index in [1.807, 2.05) is 11.0 Å². The number of hydrogen-bond donors (Lipinski definition) is 0. The summed E-state index contributed by atoms with van der Waals surface area (Å²) >= 11 is 15.3. The van der Waals surface area contributed by atoms with Crippen LogP contribution >= 0.6 is 39.1 Å². The fourth-order valence-corrected chi connectivity index (χ4v) is 2.93.